The fourth-order valence-corrected chi connectivity index (χ4v) is 0.875. The van der Waals surface area contributed by atoms with Gasteiger partial charge in [0, 0.05) is 6.42 Å². The molecule has 2 N–H and O–H groups in total. The van der Waals surface area contributed by atoms with Crippen LogP contribution in [0, 0.1) is 0 Å². The van der Waals surface area contributed by atoms with Crippen molar-refractivity contribution in [1.29, 1.82) is 0 Å². The van der Waals surface area contributed by atoms with E-state index in [0.717, 1.165) is 0 Å². The number of aliphatic hydroxyl groups is 2. The zero-order valence-corrected chi connectivity index (χ0v) is 8.31. The Labute approximate surface area is 88.8 Å². The normalized spacial score (nSPS) is 15.2. The molecular formula is C8H13F5O3. The quantitative estimate of drug-likeness (QED) is 0.531. The maximum absolute atomic E-state index is 12.6. The summed E-state index contributed by atoms with van der Waals surface area (Å²) in [6, 6.07) is 0. The minimum Gasteiger partial charge on any atom is -0.394 e. The van der Waals surface area contributed by atoms with Crippen molar-refractivity contribution in [2.45, 2.75) is 31.0 Å². The van der Waals surface area contributed by atoms with Crippen molar-refractivity contribution in [1.82, 2.24) is 0 Å². The number of halogens is 5. The molecule has 98 valence electrons. The van der Waals surface area contributed by atoms with Crippen LogP contribution < -0.4 is 0 Å². The van der Waals surface area contributed by atoms with Crippen LogP contribution >= 0.6 is 0 Å². The lowest BCUT2D eigenvalue weighted by atomic mass is 10.2. The van der Waals surface area contributed by atoms with Crippen LogP contribution in [-0.4, -0.2) is 48.2 Å². The highest BCUT2D eigenvalue weighted by atomic mass is 19.4. The van der Waals surface area contributed by atoms with Crippen LogP contribution in [-0.2, 0) is 4.74 Å². The summed E-state index contributed by atoms with van der Waals surface area (Å²) in [6.07, 6.45) is -9.40. The van der Waals surface area contributed by atoms with Crippen molar-refractivity contribution >= 4 is 0 Å². The van der Waals surface area contributed by atoms with Gasteiger partial charge in [-0.2, -0.15) is 13.2 Å². The first-order valence-corrected chi connectivity index (χ1v) is 4.47. The molecule has 16 heavy (non-hydrogen) atoms. The summed E-state index contributed by atoms with van der Waals surface area (Å²) in [5.41, 5.74) is 0. The fraction of sp³-hybridized carbons (Fsp3) is 1.00. The van der Waals surface area contributed by atoms with Crippen LogP contribution in [0.1, 0.15) is 12.8 Å². The van der Waals surface area contributed by atoms with E-state index < -0.39 is 50.9 Å². The molecule has 0 aromatic carbocycles. The highest BCUT2D eigenvalue weighted by Crippen LogP contribution is 2.33. The molecule has 0 spiro atoms. The third-order valence-electron chi connectivity index (χ3n) is 1.59. The van der Waals surface area contributed by atoms with Crippen molar-refractivity contribution in [2.24, 2.45) is 0 Å². The molecule has 0 aromatic rings. The van der Waals surface area contributed by atoms with Gasteiger partial charge >= 0.3 is 6.18 Å². The zero-order chi connectivity index (χ0) is 12.8. The van der Waals surface area contributed by atoms with Gasteiger partial charge in [0.25, 0.3) is 5.92 Å². The Morgan fingerprint density at radius 3 is 2.12 bits per heavy atom. The lowest BCUT2D eigenvalue weighted by Crippen LogP contribution is -2.28. The van der Waals surface area contributed by atoms with Gasteiger partial charge in [-0.3, -0.25) is 0 Å². The predicted octanol–water partition coefficient (Wildman–Crippen LogP) is 1.33. The average Bonchev–Trinajstić information content (AvgIpc) is 2.08. The van der Waals surface area contributed by atoms with E-state index in [1.807, 2.05) is 0 Å². The number of ether oxygens (including phenoxy) is 1. The number of alkyl halides is 5. The monoisotopic (exact) mass is 252 g/mol. The fourth-order valence-electron chi connectivity index (χ4n) is 0.875. The molecule has 0 aromatic heterocycles. The van der Waals surface area contributed by atoms with Gasteiger partial charge in [0.15, 0.2) is 0 Å². The van der Waals surface area contributed by atoms with Gasteiger partial charge in [0.2, 0.25) is 0 Å². The van der Waals surface area contributed by atoms with E-state index in [-0.39, 0.29) is 0 Å². The highest BCUT2D eigenvalue weighted by molar-refractivity contribution is 4.70. The second-order valence-corrected chi connectivity index (χ2v) is 3.31. The molecule has 0 aliphatic carbocycles. The maximum Gasteiger partial charge on any atom is 0.394 e. The highest BCUT2D eigenvalue weighted by Gasteiger charge is 2.43. The third kappa shape index (κ3) is 8.81. The largest absolute Gasteiger partial charge is 0.394 e. The Morgan fingerprint density at radius 2 is 1.69 bits per heavy atom. The minimum atomic E-state index is -4.92. The molecule has 8 heteroatoms. The second-order valence-electron chi connectivity index (χ2n) is 3.31. The molecule has 0 saturated heterocycles. The van der Waals surface area contributed by atoms with Crippen LogP contribution in [0.25, 0.3) is 0 Å². The number of rotatable bonds is 7. The van der Waals surface area contributed by atoms with Gasteiger partial charge in [-0.05, 0) is 0 Å². The van der Waals surface area contributed by atoms with E-state index in [0.29, 0.717) is 0 Å². The van der Waals surface area contributed by atoms with Gasteiger partial charge in [0.05, 0.1) is 19.8 Å². The van der Waals surface area contributed by atoms with Gasteiger partial charge in [-0.15, -0.1) is 0 Å². The lowest BCUT2D eigenvalue weighted by Gasteiger charge is -2.18. The van der Waals surface area contributed by atoms with E-state index in [9.17, 15) is 22.0 Å². The number of aliphatic hydroxyl groups excluding tert-OH is 2. The predicted molar refractivity (Wildman–Crippen MR) is 44.1 cm³/mol. The first-order chi connectivity index (χ1) is 7.16. The molecule has 0 fully saturated rings. The smallest absolute Gasteiger partial charge is 0.394 e. The van der Waals surface area contributed by atoms with Crippen LogP contribution in [0.3, 0.4) is 0 Å². The van der Waals surface area contributed by atoms with Crippen LogP contribution in [0.15, 0.2) is 0 Å². The first kappa shape index (κ1) is 15.5. The Bertz CT molecular complexity index is 195. The summed E-state index contributed by atoms with van der Waals surface area (Å²) in [5, 5.41) is 17.1. The summed E-state index contributed by atoms with van der Waals surface area (Å²) in [4.78, 5) is 0. The molecule has 0 bridgehead atoms. The Hall–Kier alpha value is -0.470. The number of hydrogen-bond donors (Lipinski definition) is 2. The summed E-state index contributed by atoms with van der Waals surface area (Å²) >= 11 is 0. The van der Waals surface area contributed by atoms with Gasteiger partial charge < -0.3 is 14.9 Å². The molecule has 0 aliphatic heterocycles. The van der Waals surface area contributed by atoms with E-state index in [4.69, 9.17) is 10.2 Å². The van der Waals surface area contributed by atoms with Crippen molar-refractivity contribution in [3.05, 3.63) is 0 Å². The standard InChI is InChI=1S/C8H13F5O3/c9-7(10,5-8(11,12)13)1-2-16-4-6(15)3-14/h6,14-15H,1-5H2. The molecular weight excluding hydrogens is 239 g/mol. The van der Waals surface area contributed by atoms with Gasteiger partial charge in [-0.25, -0.2) is 8.78 Å². The Kier molecular flexibility index (Phi) is 6.13. The summed E-state index contributed by atoms with van der Waals surface area (Å²) in [5.74, 6) is -3.87. The molecule has 1 atom stereocenters. The van der Waals surface area contributed by atoms with Gasteiger partial charge in [-0.1, -0.05) is 0 Å². The van der Waals surface area contributed by atoms with Crippen molar-refractivity contribution in [3.63, 3.8) is 0 Å². The van der Waals surface area contributed by atoms with E-state index >= 15 is 0 Å². The Morgan fingerprint density at radius 1 is 1.12 bits per heavy atom. The van der Waals surface area contributed by atoms with Crippen molar-refractivity contribution in [2.75, 3.05) is 19.8 Å². The summed E-state index contributed by atoms with van der Waals surface area (Å²) < 4.78 is 64.7. The average molecular weight is 252 g/mol. The Balaban J connectivity index is 3.74. The molecule has 0 amide bonds. The molecule has 0 aliphatic rings. The second kappa shape index (κ2) is 6.31. The van der Waals surface area contributed by atoms with Gasteiger partial charge in [0.1, 0.15) is 12.5 Å². The van der Waals surface area contributed by atoms with E-state index in [2.05, 4.69) is 4.74 Å². The summed E-state index contributed by atoms with van der Waals surface area (Å²) in [7, 11) is 0. The molecule has 0 radical (unpaired) electrons. The molecule has 1 unspecified atom stereocenters. The lowest BCUT2D eigenvalue weighted by molar-refractivity contribution is -0.192. The van der Waals surface area contributed by atoms with E-state index in [1.165, 1.54) is 0 Å². The molecule has 0 heterocycles. The molecule has 3 nitrogen and oxygen atoms in total. The molecule has 0 rings (SSSR count). The summed E-state index contributed by atoms with van der Waals surface area (Å²) in [6.45, 7) is -1.60. The maximum atomic E-state index is 12.6. The van der Waals surface area contributed by atoms with Crippen LogP contribution in [0.2, 0.25) is 0 Å². The first-order valence-electron chi connectivity index (χ1n) is 4.47. The SMILES string of the molecule is OCC(O)COCCC(F)(F)CC(F)(F)F. The van der Waals surface area contributed by atoms with Crippen molar-refractivity contribution in [3.8, 4) is 0 Å². The minimum absolute atomic E-state index is 0.390. The third-order valence-corrected chi connectivity index (χ3v) is 1.59. The topological polar surface area (TPSA) is 49.7 Å². The van der Waals surface area contributed by atoms with Crippen LogP contribution in [0.4, 0.5) is 22.0 Å². The van der Waals surface area contributed by atoms with Crippen molar-refractivity contribution < 1.29 is 36.9 Å². The number of hydrogen-bond acceptors (Lipinski definition) is 3. The molecule has 0 saturated carbocycles. The van der Waals surface area contributed by atoms with E-state index in [1.54, 1.807) is 0 Å². The van der Waals surface area contributed by atoms with Crippen LogP contribution in [0.5, 0.6) is 0 Å². The zero-order valence-electron chi connectivity index (χ0n) is 8.31.